The minimum Gasteiger partial charge on any atom is -0.300 e. The molecule has 48 valence electrons. The summed E-state index contributed by atoms with van der Waals surface area (Å²) in [6.45, 7) is 1.29. The lowest BCUT2D eigenvalue weighted by Gasteiger charge is -2.28. The van der Waals surface area contributed by atoms with Crippen LogP contribution < -0.4 is 0 Å². The van der Waals surface area contributed by atoms with Crippen LogP contribution in [0.4, 0.5) is 0 Å². The average molecular weight is 131 g/mol. The van der Waals surface area contributed by atoms with E-state index in [0.717, 1.165) is 5.78 Å². The van der Waals surface area contributed by atoms with Crippen LogP contribution in [0.3, 0.4) is 0 Å². The fraction of sp³-hybridized carbons (Fsp3) is 1.00. The highest BCUT2D eigenvalue weighted by Crippen LogP contribution is 2.18. The topological polar surface area (TPSA) is 3.24 Å². The van der Waals surface area contributed by atoms with Crippen molar-refractivity contribution in [1.29, 1.82) is 0 Å². The molecule has 0 aromatic carbocycles. The van der Waals surface area contributed by atoms with Crippen molar-refractivity contribution in [3.63, 3.8) is 0 Å². The van der Waals surface area contributed by atoms with Crippen molar-refractivity contribution in [2.45, 2.75) is 25.0 Å². The first-order chi connectivity index (χ1) is 3.80. The zero-order valence-electron chi connectivity index (χ0n) is 5.43. The fourth-order valence-corrected chi connectivity index (χ4v) is 1.49. The van der Waals surface area contributed by atoms with Gasteiger partial charge in [-0.15, -0.1) is 9.24 Å². The molecule has 1 aliphatic heterocycles. The highest BCUT2D eigenvalue weighted by Gasteiger charge is 2.12. The third-order valence-corrected chi connectivity index (χ3v) is 2.67. The van der Waals surface area contributed by atoms with Crippen LogP contribution in [-0.4, -0.2) is 24.3 Å². The van der Waals surface area contributed by atoms with Crippen molar-refractivity contribution in [1.82, 2.24) is 4.90 Å². The number of likely N-dealkylation sites (tertiary alicyclic amines) is 1. The van der Waals surface area contributed by atoms with Crippen LogP contribution in [0.5, 0.6) is 0 Å². The van der Waals surface area contributed by atoms with Gasteiger partial charge in [0.15, 0.2) is 0 Å². The van der Waals surface area contributed by atoms with Gasteiger partial charge >= 0.3 is 0 Å². The van der Waals surface area contributed by atoms with Crippen LogP contribution in [0.25, 0.3) is 0 Å². The largest absolute Gasteiger partial charge is 0.300 e. The van der Waals surface area contributed by atoms with E-state index in [0.29, 0.717) is 0 Å². The molecule has 2 heteroatoms. The van der Waals surface area contributed by atoms with Gasteiger partial charge in [0.05, 0.1) is 0 Å². The summed E-state index contributed by atoms with van der Waals surface area (Å²) >= 11 is 0. The molecular formula is C6H14NP. The molecule has 0 aromatic heterocycles. The van der Waals surface area contributed by atoms with Gasteiger partial charge in [0, 0.05) is 5.78 Å². The Balaban J connectivity index is 2.28. The van der Waals surface area contributed by atoms with Crippen LogP contribution in [0.15, 0.2) is 0 Å². The molecular weight excluding hydrogens is 117 g/mol. The summed E-state index contributed by atoms with van der Waals surface area (Å²) in [6, 6.07) is 0. The highest BCUT2D eigenvalue weighted by molar-refractivity contribution is 7.17. The summed E-state index contributed by atoms with van der Waals surface area (Å²) in [5.41, 5.74) is 0. The first-order valence-corrected chi connectivity index (χ1v) is 3.93. The van der Waals surface area contributed by atoms with Gasteiger partial charge in [-0.05, 0) is 26.4 Å². The van der Waals surface area contributed by atoms with Crippen LogP contribution in [0.1, 0.15) is 19.3 Å². The molecule has 0 radical (unpaired) electrons. The molecule has 0 aliphatic carbocycles. The van der Waals surface area contributed by atoms with Gasteiger partial charge < -0.3 is 4.90 Å². The molecule has 2 atom stereocenters. The maximum atomic E-state index is 2.87. The Morgan fingerprint density at radius 2 is 2.25 bits per heavy atom. The molecule has 1 nitrogen and oxygen atoms in total. The van der Waals surface area contributed by atoms with E-state index in [1.807, 2.05) is 0 Å². The summed E-state index contributed by atoms with van der Waals surface area (Å²) in [4.78, 5) is 2.40. The maximum Gasteiger partial charge on any atom is 0.0236 e. The van der Waals surface area contributed by atoms with Gasteiger partial charge in [-0.2, -0.15) is 0 Å². The first-order valence-electron chi connectivity index (χ1n) is 3.26. The van der Waals surface area contributed by atoms with E-state index in [1.165, 1.54) is 25.8 Å². The third-order valence-electron chi connectivity index (χ3n) is 1.83. The first kappa shape index (κ1) is 6.51. The molecule has 8 heavy (non-hydrogen) atoms. The standard InChI is InChI=1S/C6H14NP/c1-7-5-3-2-4-6(7)8/h6H,2-5,8H2,1H3/t6-/m1/s1. The molecule has 1 rings (SSSR count). The quantitative estimate of drug-likeness (QED) is 0.448. The molecule has 1 heterocycles. The minimum absolute atomic E-state index is 0.753. The second kappa shape index (κ2) is 2.80. The average Bonchev–Trinajstić information content (AvgIpc) is 1.77. The molecule has 1 fully saturated rings. The van der Waals surface area contributed by atoms with E-state index in [9.17, 15) is 0 Å². The van der Waals surface area contributed by atoms with Gasteiger partial charge in [-0.25, -0.2) is 0 Å². The SMILES string of the molecule is CN1CCCC[C@H]1P. The van der Waals surface area contributed by atoms with Crippen molar-refractivity contribution in [3.8, 4) is 0 Å². The van der Waals surface area contributed by atoms with Gasteiger partial charge in [-0.1, -0.05) is 6.42 Å². The van der Waals surface area contributed by atoms with Crippen LogP contribution in [0.2, 0.25) is 0 Å². The summed E-state index contributed by atoms with van der Waals surface area (Å²) in [5.74, 6) is 0.753. The van der Waals surface area contributed by atoms with Crippen molar-refractivity contribution in [2.24, 2.45) is 0 Å². The van der Waals surface area contributed by atoms with E-state index in [-0.39, 0.29) is 0 Å². The Morgan fingerprint density at radius 1 is 1.50 bits per heavy atom. The number of nitrogens with zero attached hydrogens (tertiary/aromatic N) is 1. The smallest absolute Gasteiger partial charge is 0.0236 e. The van der Waals surface area contributed by atoms with Crippen LogP contribution in [0, 0.1) is 0 Å². The Morgan fingerprint density at radius 3 is 2.62 bits per heavy atom. The summed E-state index contributed by atoms with van der Waals surface area (Å²) in [5, 5.41) is 0. The molecule has 1 aliphatic rings. The van der Waals surface area contributed by atoms with Crippen LogP contribution >= 0.6 is 9.24 Å². The zero-order valence-corrected chi connectivity index (χ0v) is 6.59. The monoisotopic (exact) mass is 131 g/mol. The van der Waals surface area contributed by atoms with E-state index in [2.05, 4.69) is 21.2 Å². The van der Waals surface area contributed by atoms with Gasteiger partial charge in [0.1, 0.15) is 0 Å². The molecule has 0 amide bonds. The van der Waals surface area contributed by atoms with Crippen molar-refractivity contribution >= 4 is 9.24 Å². The van der Waals surface area contributed by atoms with Crippen molar-refractivity contribution in [2.75, 3.05) is 13.6 Å². The van der Waals surface area contributed by atoms with Gasteiger partial charge in [0.25, 0.3) is 0 Å². The molecule has 1 saturated heterocycles. The second-order valence-electron chi connectivity index (χ2n) is 2.54. The number of rotatable bonds is 0. The zero-order chi connectivity index (χ0) is 5.98. The van der Waals surface area contributed by atoms with E-state index in [4.69, 9.17) is 0 Å². The Labute approximate surface area is 53.6 Å². The Bertz CT molecular complexity index is 64.9. The predicted octanol–water partition coefficient (Wildman–Crippen LogP) is 1.30. The third kappa shape index (κ3) is 1.43. The molecule has 0 aromatic rings. The van der Waals surface area contributed by atoms with Gasteiger partial charge in [-0.3, -0.25) is 0 Å². The number of hydrogen-bond acceptors (Lipinski definition) is 1. The number of piperidine rings is 1. The summed E-state index contributed by atoms with van der Waals surface area (Å²) in [7, 11) is 5.06. The second-order valence-corrected chi connectivity index (χ2v) is 3.31. The van der Waals surface area contributed by atoms with E-state index >= 15 is 0 Å². The molecule has 0 spiro atoms. The molecule has 0 saturated carbocycles. The van der Waals surface area contributed by atoms with Crippen molar-refractivity contribution in [3.05, 3.63) is 0 Å². The van der Waals surface area contributed by atoms with Gasteiger partial charge in [0.2, 0.25) is 0 Å². The highest BCUT2D eigenvalue weighted by atomic mass is 31.0. The lowest BCUT2D eigenvalue weighted by atomic mass is 10.1. The summed E-state index contributed by atoms with van der Waals surface area (Å²) < 4.78 is 0. The Kier molecular flexibility index (Phi) is 2.27. The normalized spacial score (nSPS) is 33.0. The molecule has 0 bridgehead atoms. The fourth-order valence-electron chi connectivity index (χ4n) is 1.10. The maximum absolute atomic E-state index is 2.87. The van der Waals surface area contributed by atoms with E-state index < -0.39 is 0 Å². The predicted molar refractivity (Wildman–Crippen MR) is 40.0 cm³/mol. The molecule has 1 unspecified atom stereocenters. The molecule has 0 N–H and O–H groups in total. The Hall–Kier alpha value is 0.390. The minimum atomic E-state index is 0.753. The lowest BCUT2D eigenvalue weighted by Crippen LogP contribution is -2.31. The lowest BCUT2D eigenvalue weighted by molar-refractivity contribution is 0.251. The van der Waals surface area contributed by atoms with Crippen molar-refractivity contribution < 1.29 is 0 Å². The van der Waals surface area contributed by atoms with Crippen LogP contribution in [-0.2, 0) is 0 Å². The van der Waals surface area contributed by atoms with E-state index in [1.54, 1.807) is 0 Å². The summed E-state index contributed by atoms with van der Waals surface area (Å²) in [6.07, 6.45) is 4.17. The number of hydrogen-bond donors (Lipinski definition) is 0.